The molecule has 0 aliphatic carbocycles. The number of rotatable bonds is 6. The Bertz CT molecular complexity index is 268. The lowest BCUT2D eigenvalue weighted by molar-refractivity contribution is 0.655. The van der Waals surface area contributed by atoms with Crippen LogP contribution in [-0.4, -0.2) is 4.83 Å². The van der Waals surface area contributed by atoms with Crippen LogP contribution in [-0.2, 0) is 6.42 Å². The Kier molecular flexibility index (Phi) is 6.89. The third-order valence-electron chi connectivity index (χ3n) is 2.50. The molecule has 1 unspecified atom stereocenters. The van der Waals surface area contributed by atoms with Gasteiger partial charge >= 0.3 is 0 Å². The number of hydrogen-bond donors (Lipinski definition) is 0. The SMILES string of the molecule is CCCC(Br)CCCc1ccc(I)cc1. The average Bonchev–Trinajstić information content (AvgIpc) is 2.21. The van der Waals surface area contributed by atoms with Gasteiger partial charge in [-0.1, -0.05) is 41.4 Å². The number of halogens is 2. The highest BCUT2D eigenvalue weighted by Gasteiger charge is 2.02. The lowest BCUT2D eigenvalue weighted by Gasteiger charge is -2.07. The van der Waals surface area contributed by atoms with Gasteiger partial charge in [-0.3, -0.25) is 0 Å². The first kappa shape index (κ1) is 13.5. The summed E-state index contributed by atoms with van der Waals surface area (Å²) in [6.07, 6.45) is 6.37. The molecule has 1 rings (SSSR count). The summed E-state index contributed by atoms with van der Waals surface area (Å²) >= 11 is 6.07. The Morgan fingerprint density at radius 3 is 2.47 bits per heavy atom. The molecule has 2 heteroatoms. The minimum Gasteiger partial charge on any atom is -0.0891 e. The third-order valence-corrected chi connectivity index (χ3v) is 4.13. The van der Waals surface area contributed by atoms with E-state index in [9.17, 15) is 0 Å². The summed E-state index contributed by atoms with van der Waals surface area (Å²) in [6.45, 7) is 2.24. The summed E-state index contributed by atoms with van der Waals surface area (Å²) in [6, 6.07) is 8.86. The van der Waals surface area contributed by atoms with Gasteiger partial charge in [-0.05, 0) is 66.0 Å². The molecule has 0 aromatic heterocycles. The number of aryl methyl sites for hydroxylation is 1. The van der Waals surface area contributed by atoms with Crippen molar-refractivity contribution in [3.63, 3.8) is 0 Å². The zero-order chi connectivity index (χ0) is 11.1. The summed E-state index contributed by atoms with van der Waals surface area (Å²) in [4.78, 5) is 0.714. The van der Waals surface area contributed by atoms with Crippen LogP contribution in [0.4, 0.5) is 0 Å². The highest BCUT2D eigenvalue weighted by molar-refractivity contribution is 14.1. The van der Waals surface area contributed by atoms with Crippen LogP contribution in [0.5, 0.6) is 0 Å². The molecule has 0 N–H and O–H groups in total. The lowest BCUT2D eigenvalue weighted by Crippen LogP contribution is -1.98. The van der Waals surface area contributed by atoms with Crippen molar-refractivity contribution in [1.29, 1.82) is 0 Å². The van der Waals surface area contributed by atoms with E-state index in [0.717, 1.165) is 0 Å². The average molecular weight is 381 g/mol. The Hall–Kier alpha value is 0.430. The standard InChI is InChI=1S/C13H18BrI/c1-2-4-12(14)6-3-5-11-7-9-13(15)10-8-11/h7-10,12H,2-6H2,1H3. The number of benzene rings is 1. The maximum atomic E-state index is 3.72. The summed E-state index contributed by atoms with van der Waals surface area (Å²) in [5.41, 5.74) is 1.46. The van der Waals surface area contributed by atoms with Crippen molar-refractivity contribution in [2.75, 3.05) is 0 Å². The lowest BCUT2D eigenvalue weighted by atomic mass is 10.1. The summed E-state index contributed by atoms with van der Waals surface area (Å²) in [5.74, 6) is 0. The van der Waals surface area contributed by atoms with Gasteiger partial charge in [0.25, 0.3) is 0 Å². The van der Waals surface area contributed by atoms with Gasteiger partial charge in [0, 0.05) is 8.40 Å². The maximum Gasteiger partial charge on any atom is 0.0145 e. The molecule has 1 aromatic carbocycles. The quantitative estimate of drug-likeness (QED) is 0.471. The van der Waals surface area contributed by atoms with Gasteiger partial charge in [0.1, 0.15) is 0 Å². The Labute approximate surface area is 115 Å². The molecule has 0 aliphatic rings. The van der Waals surface area contributed by atoms with Crippen molar-refractivity contribution in [2.45, 2.75) is 43.9 Å². The van der Waals surface area contributed by atoms with E-state index in [1.54, 1.807) is 0 Å². The van der Waals surface area contributed by atoms with Gasteiger partial charge in [0.05, 0.1) is 0 Å². The van der Waals surface area contributed by atoms with Gasteiger partial charge in [-0.25, -0.2) is 0 Å². The molecule has 0 aliphatic heterocycles. The third kappa shape index (κ3) is 5.91. The molecule has 1 aromatic rings. The second-order valence-electron chi connectivity index (χ2n) is 3.90. The molecule has 84 valence electrons. The van der Waals surface area contributed by atoms with Crippen LogP contribution in [0.3, 0.4) is 0 Å². The van der Waals surface area contributed by atoms with Crippen molar-refractivity contribution >= 4 is 38.5 Å². The largest absolute Gasteiger partial charge is 0.0891 e. The fourth-order valence-electron chi connectivity index (χ4n) is 1.64. The van der Waals surface area contributed by atoms with Gasteiger partial charge in [-0.15, -0.1) is 0 Å². The van der Waals surface area contributed by atoms with Crippen LogP contribution >= 0.6 is 38.5 Å². The monoisotopic (exact) mass is 380 g/mol. The van der Waals surface area contributed by atoms with E-state index in [4.69, 9.17) is 0 Å². The molecule has 0 amide bonds. The van der Waals surface area contributed by atoms with Crippen molar-refractivity contribution in [3.8, 4) is 0 Å². The van der Waals surface area contributed by atoms with Gasteiger partial charge < -0.3 is 0 Å². The zero-order valence-corrected chi connectivity index (χ0v) is 12.9. The summed E-state index contributed by atoms with van der Waals surface area (Å²) in [7, 11) is 0. The van der Waals surface area contributed by atoms with E-state index in [2.05, 4.69) is 69.7 Å². The molecule has 0 bridgehead atoms. The minimum absolute atomic E-state index is 0.714. The van der Waals surface area contributed by atoms with Crippen LogP contribution in [0, 0.1) is 3.57 Å². The van der Waals surface area contributed by atoms with E-state index in [0.29, 0.717) is 4.83 Å². The van der Waals surface area contributed by atoms with Gasteiger partial charge in [0.2, 0.25) is 0 Å². The Morgan fingerprint density at radius 2 is 1.87 bits per heavy atom. The van der Waals surface area contributed by atoms with Crippen LogP contribution in [0.1, 0.15) is 38.2 Å². The first-order valence-electron chi connectivity index (χ1n) is 5.61. The molecule has 15 heavy (non-hydrogen) atoms. The van der Waals surface area contributed by atoms with Crippen molar-refractivity contribution in [2.24, 2.45) is 0 Å². The maximum absolute atomic E-state index is 3.72. The molecule has 0 saturated carbocycles. The molecule has 0 heterocycles. The summed E-state index contributed by atoms with van der Waals surface area (Å²) < 4.78 is 1.32. The predicted molar refractivity (Wildman–Crippen MR) is 79.7 cm³/mol. The summed E-state index contributed by atoms with van der Waals surface area (Å²) in [5, 5.41) is 0. The fraction of sp³-hybridized carbons (Fsp3) is 0.538. The van der Waals surface area contributed by atoms with E-state index in [1.165, 1.54) is 41.2 Å². The second kappa shape index (κ2) is 7.66. The molecule has 1 atom stereocenters. The van der Waals surface area contributed by atoms with E-state index in [1.807, 2.05) is 0 Å². The van der Waals surface area contributed by atoms with Crippen molar-refractivity contribution < 1.29 is 0 Å². The zero-order valence-electron chi connectivity index (χ0n) is 9.18. The van der Waals surface area contributed by atoms with Crippen LogP contribution < -0.4 is 0 Å². The molecule has 0 radical (unpaired) electrons. The highest BCUT2D eigenvalue weighted by atomic mass is 127. The molecule has 0 spiro atoms. The Balaban J connectivity index is 2.22. The molecule has 0 fully saturated rings. The van der Waals surface area contributed by atoms with E-state index in [-0.39, 0.29) is 0 Å². The predicted octanol–water partition coefficient (Wildman–Crippen LogP) is 5.18. The van der Waals surface area contributed by atoms with E-state index < -0.39 is 0 Å². The minimum atomic E-state index is 0.714. The van der Waals surface area contributed by atoms with E-state index >= 15 is 0 Å². The Morgan fingerprint density at radius 1 is 1.20 bits per heavy atom. The molecule has 0 saturated heterocycles. The number of alkyl halides is 1. The first-order chi connectivity index (χ1) is 7.22. The first-order valence-corrected chi connectivity index (χ1v) is 7.60. The van der Waals surface area contributed by atoms with Crippen LogP contribution in [0.2, 0.25) is 0 Å². The fourth-order valence-corrected chi connectivity index (χ4v) is 2.78. The highest BCUT2D eigenvalue weighted by Crippen LogP contribution is 2.16. The molecular weight excluding hydrogens is 363 g/mol. The smallest absolute Gasteiger partial charge is 0.0145 e. The van der Waals surface area contributed by atoms with Gasteiger partial charge in [-0.2, -0.15) is 0 Å². The second-order valence-corrected chi connectivity index (χ2v) is 6.45. The normalized spacial score (nSPS) is 12.7. The number of hydrogen-bond acceptors (Lipinski definition) is 0. The molecule has 0 nitrogen and oxygen atoms in total. The van der Waals surface area contributed by atoms with Crippen LogP contribution in [0.25, 0.3) is 0 Å². The van der Waals surface area contributed by atoms with Crippen LogP contribution in [0.15, 0.2) is 24.3 Å². The van der Waals surface area contributed by atoms with Gasteiger partial charge in [0.15, 0.2) is 0 Å². The van der Waals surface area contributed by atoms with Crippen molar-refractivity contribution in [3.05, 3.63) is 33.4 Å². The van der Waals surface area contributed by atoms with Crippen molar-refractivity contribution in [1.82, 2.24) is 0 Å². The molecular formula is C13H18BrI. The topological polar surface area (TPSA) is 0 Å².